The number of hydrogen-bond donors (Lipinski definition) is 1. The molecule has 1 saturated heterocycles. The molecule has 2 aromatic rings. The first-order chi connectivity index (χ1) is 11.1. The number of benzene rings is 2. The van der Waals surface area contributed by atoms with Crippen LogP contribution in [0.15, 0.2) is 48.5 Å². The van der Waals surface area contributed by atoms with Gasteiger partial charge in [0.1, 0.15) is 0 Å². The highest BCUT2D eigenvalue weighted by atomic mass is 35.5. The predicted molar refractivity (Wildman–Crippen MR) is 108 cm³/mol. The molecule has 0 bridgehead atoms. The van der Waals surface area contributed by atoms with Crippen molar-refractivity contribution in [3.05, 3.63) is 64.7 Å². The number of piperazine rings is 1. The molecule has 1 fully saturated rings. The molecule has 3 rings (SSSR count). The standard InChI is InChI=1S/C18H20ClN3O.2ClH/c19-15-7-5-14(6-8-15)13-21-9-11-22(12-10-21)18(23)16-3-1-2-4-17(16)20;;/h1-8H,9-13,20H2;2*1H. The van der Waals surface area contributed by atoms with E-state index in [9.17, 15) is 4.79 Å². The highest BCUT2D eigenvalue weighted by Crippen LogP contribution is 2.16. The summed E-state index contributed by atoms with van der Waals surface area (Å²) in [4.78, 5) is 16.8. The molecular weight excluding hydrogens is 381 g/mol. The van der Waals surface area contributed by atoms with Crippen molar-refractivity contribution in [3.63, 3.8) is 0 Å². The van der Waals surface area contributed by atoms with Gasteiger partial charge in [0.15, 0.2) is 0 Å². The topological polar surface area (TPSA) is 49.6 Å². The Hall–Kier alpha value is -1.46. The monoisotopic (exact) mass is 401 g/mol. The van der Waals surface area contributed by atoms with Crippen LogP contribution in [0.4, 0.5) is 5.69 Å². The van der Waals surface area contributed by atoms with Crippen LogP contribution in [0.1, 0.15) is 15.9 Å². The third-order valence-corrected chi connectivity index (χ3v) is 4.42. The summed E-state index contributed by atoms with van der Waals surface area (Å²) in [6, 6.07) is 15.2. The minimum atomic E-state index is 0. The highest BCUT2D eigenvalue weighted by molar-refractivity contribution is 6.30. The Morgan fingerprint density at radius 3 is 2.16 bits per heavy atom. The smallest absolute Gasteiger partial charge is 0.256 e. The van der Waals surface area contributed by atoms with Crippen LogP contribution in [-0.2, 0) is 6.54 Å². The molecular formula is C18H22Cl3N3O. The normalized spacial score (nSPS) is 14.4. The van der Waals surface area contributed by atoms with Gasteiger partial charge in [0, 0.05) is 43.4 Å². The lowest BCUT2D eigenvalue weighted by Gasteiger charge is -2.35. The quantitative estimate of drug-likeness (QED) is 0.796. The fourth-order valence-electron chi connectivity index (χ4n) is 2.82. The van der Waals surface area contributed by atoms with Crippen LogP contribution in [-0.4, -0.2) is 41.9 Å². The van der Waals surface area contributed by atoms with E-state index in [2.05, 4.69) is 4.90 Å². The van der Waals surface area contributed by atoms with Gasteiger partial charge in [-0.05, 0) is 29.8 Å². The summed E-state index contributed by atoms with van der Waals surface area (Å²) in [7, 11) is 0. The maximum Gasteiger partial charge on any atom is 0.256 e. The number of anilines is 1. The molecule has 1 aliphatic heterocycles. The van der Waals surface area contributed by atoms with Gasteiger partial charge in [-0.1, -0.05) is 35.9 Å². The largest absolute Gasteiger partial charge is 0.398 e. The second kappa shape index (κ2) is 9.88. The zero-order valence-corrected chi connectivity index (χ0v) is 16.1. The molecule has 1 heterocycles. The summed E-state index contributed by atoms with van der Waals surface area (Å²) in [5.41, 5.74) is 8.28. The zero-order valence-electron chi connectivity index (χ0n) is 13.7. The fraction of sp³-hybridized carbons (Fsp3) is 0.278. The van der Waals surface area contributed by atoms with Gasteiger partial charge in [-0.25, -0.2) is 0 Å². The average Bonchev–Trinajstić information content (AvgIpc) is 2.57. The van der Waals surface area contributed by atoms with E-state index in [1.165, 1.54) is 5.56 Å². The number of nitrogens with two attached hydrogens (primary N) is 1. The van der Waals surface area contributed by atoms with Crippen molar-refractivity contribution in [3.8, 4) is 0 Å². The Morgan fingerprint density at radius 1 is 0.960 bits per heavy atom. The molecule has 136 valence electrons. The number of rotatable bonds is 3. The van der Waals surface area contributed by atoms with E-state index < -0.39 is 0 Å². The van der Waals surface area contributed by atoms with Crippen LogP contribution < -0.4 is 5.73 Å². The van der Waals surface area contributed by atoms with Crippen LogP contribution in [0.25, 0.3) is 0 Å². The van der Waals surface area contributed by atoms with Crippen LogP contribution >= 0.6 is 36.4 Å². The molecule has 0 spiro atoms. The van der Waals surface area contributed by atoms with E-state index in [0.717, 1.165) is 37.7 Å². The number of nitrogens with zero attached hydrogens (tertiary/aromatic N) is 2. The Labute approximate surface area is 165 Å². The lowest BCUT2D eigenvalue weighted by Crippen LogP contribution is -2.48. The lowest BCUT2D eigenvalue weighted by atomic mass is 10.1. The first kappa shape index (κ1) is 21.6. The van der Waals surface area contributed by atoms with Gasteiger partial charge in [-0.15, -0.1) is 24.8 Å². The van der Waals surface area contributed by atoms with Gasteiger partial charge in [0.2, 0.25) is 0 Å². The molecule has 1 aliphatic rings. The van der Waals surface area contributed by atoms with Crippen molar-refractivity contribution in [2.24, 2.45) is 0 Å². The first-order valence-electron chi connectivity index (χ1n) is 7.74. The number of carbonyl (C=O) groups is 1. The summed E-state index contributed by atoms with van der Waals surface area (Å²) in [6.07, 6.45) is 0. The fourth-order valence-corrected chi connectivity index (χ4v) is 2.95. The van der Waals surface area contributed by atoms with E-state index in [1.807, 2.05) is 41.3 Å². The molecule has 0 aromatic heterocycles. The van der Waals surface area contributed by atoms with Gasteiger partial charge in [-0.3, -0.25) is 9.69 Å². The van der Waals surface area contributed by atoms with Crippen LogP contribution in [0.2, 0.25) is 5.02 Å². The Kier molecular flexibility index (Phi) is 8.53. The molecule has 1 amide bonds. The molecule has 2 N–H and O–H groups in total. The van der Waals surface area contributed by atoms with Crippen molar-refractivity contribution in [1.82, 2.24) is 9.80 Å². The SMILES string of the molecule is Cl.Cl.Nc1ccccc1C(=O)N1CCN(Cc2ccc(Cl)cc2)CC1. The highest BCUT2D eigenvalue weighted by Gasteiger charge is 2.23. The summed E-state index contributed by atoms with van der Waals surface area (Å²) < 4.78 is 0. The minimum absolute atomic E-state index is 0. The number of halogens is 3. The van der Waals surface area contributed by atoms with Crippen LogP contribution in [0, 0.1) is 0 Å². The molecule has 4 nitrogen and oxygen atoms in total. The first-order valence-corrected chi connectivity index (χ1v) is 8.12. The number of amides is 1. The van der Waals surface area contributed by atoms with Crippen molar-refractivity contribution < 1.29 is 4.79 Å². The van der Waals surface area contributed by atoms with Gasteiger partial charge in [0.25, 0.3) is 5.91 Å². The molecule has 2 aromatic carbocycles. The van der Waals surface area contributed by atoms with Crippen molar-refractivity contribution in [2.45, 2.75) is 6.54 Å². The minimum Gasteiger partial charge on any atom is -0.398 e. The third-order valence-electron chi connectivity index (χ3n) is 4.17. The number of para-hydroxylation sites is 1. The van der Waals surface area contributed by atoms with E-state index in [4.69, 9.17) is 17.3 Å². The zero-order chi connectivity index (χ0) is 16.2. The molecule has 0 atom stereocenters. The molecule has 0 aliphatic carbocycles. The van der Waals surface area contributed by atoms with E-state index >= 15 is 0 Å². The van der Waals surface area contributed by atoms with Crippen LogP contribution in [0.3, 0.4) is 0 Å². The van der Waals surface area contributed by atoms with Crippen molar-refractivity contribution >= 4 is 48.0 Å². The molecule has 25 heavy (non-hydrogen) atoms. The second-order valence-electron chi connectivity index (χ2n) is 5.78. The van der Waals surface area contributed by atoms with Gasteiger partial charge < -0.3 is 10.6 Å². The average molecular weight is 403 g/mol. The number of carbonyl (C=O) groups excluding carboxylic acids is 1. The van der Waals surface area contributed by atoms with Crippen LogP contribution in [0.5, 0.6) is 0 Å². The molecule has 7 heteroatoms. The predicted octanol–water partition coefficient (Wildman–Crippen LogP) is 3.72. The third kappa shape index (κ3) is 5.51. The maximum atomic E-state index is 12.5. The van der Waals surface area contributed by atoms with E-state index in [1.54, 1.807) is 12.1 Å². The summed E-state index contributed by atoms with van der Waals surface area (Å²) in [5, 5.41) is 0.754. The lowest BCUT2D eigenvalue weighted by molar-refractivity contribution is 0.0629. The molecule has 0 radical (unpaired) electrons. The van der Waals surface area contributed by atoms with Crippen molar-refractivity contribution in [1.29, 1.82) is 0 Å². The van der Waals surface area contributed by atoms with Gasteiger partial charge in [0.05, 0.1) is 5.56 Å². The number of nitrogen functional groups attached to an aromatic ring is 1. The summed E-state index contributed by atoms with van der Waals surface area (Å²) in [6.45, 7) is 4.05. The molecule has 0 unspecified atom stereocenters. The Bertz CT molecular complexity index is 686. The van der Waals surface area contributed by atoms with Gasteiger partial charge in [-0.2, -0.15) is 0 Å². The maximum absolute atomic E-state index is 12.5. The Morgan fingerprint density at radius 2 is 1.56 bits per heavy atom. The van der Waals surface area contributed by atoms with Gasteiger partial charge >= 0.3 is 0 Å². The summed E-state index contributed by atoms with van der Waals surface area (Å²) in [5.74, 6) is 0.0224. The van der Waals surface area contributed by atoms with E-state index in [-0.39, 0.29) is 30.7 Å². The van der Waals surface area contributed by atoms with Crippen molar-refractivity contribution in [2.75, 3.05) is 31.9 Å². The Balaban J connectivity index is 0.00000156. The second-order valence-corrected chi connectivity index (χ2v) is 6.22. The summed E-state index contributed by atoms with van der Waals surface area (Å²) >= 11 is 5.91. The number of hydrogen-bond acceptors (Lipinski definition) is 3. The molecule has 0 saturated carbocycles. The van der Waals surface area contributed by atoms with E-state index in [0.29, 0.717) is 11.3 Å².